The van der Waals surface area contributed by atoms with E-state index in [1.165, 1.54) is 6.20 Å². The highest BCUT2D eigenvalue weighted by atomic mass is 16.2. The highest BCUT2D eigenvalue weighted by Crippen LogP contribution is 2.15. The molecular weight excluding hydrogens is 342 g/mol. The maximum Gasteiger partial charge on any atom is 0.253 e. The minimum Gasteiger partial charge on any atom is -0.354 e. The standard InChI is InChI=1S/C20H21N5O2/c26-19(24-16-8-4-5-9-21-20(16)27)15-10-17-18(22-11-15)25(13-23-17)12-14-6-2-1-3-7-14/h1-3,6-7,10-11,13,16H,4-5,8-9,12H2,(H,21,27)(H,24,26). The van der Waals surface area contributed by atoms with Crippen molar-refractivity contribution in [2.45, 2.75) is 31.8 Å². The van der Waals surface area contributed by atoms with Crippen molar-refractivity contribution in [1.29, 1.82) is 0 Å². The Morgan fingerprint density at radius 2 is 2.07 bits per heavy atom. The first-order chi connectivity index (χ1) is 13.2. The summed E-state index contributed by atoms with van der Waals surface area (Å²) in [5.41, 5.74) is 2.94. The molecular formula is C20H21N5O2. The van der Waals surface area contributed by atoms with Gasteiger partial charge in [-0.2, -0.15) is 0 Å². The van der Waals surface area contributed by atoms with Gasteiger partial charge in [-0.05, 0) is 30.9 Å². The molecule has 0 spiro atoms. The summed E-state index contributed by atoms with van der Waals surface area (Å²) in [5.74, 6) is -0.425. The number of hydrogen-bond donors (Lipinski definition) is 2. The average Bonchev–Trinajstić information content (AvgIpc) is 2.97. The zero-order chi connectivity index (χ0) is 18.6. The van der Waals surface area contributed by atoms with Crippen LogP contribution in [0, 0.1) is 0 Å². The van der Waals surface area contributed by atoms with Crippen LogP contribution in [0.25, 0.3) is 11.2 Å². The van der Waals surface area contributed by atoms with E-state index in [-0.39, 0.29) is 11.8 Å². The Morgan fingerprint density at radius 1 is 1.22 bits per heavy atom. The highest BCUT2D eigenvalue weighted by molar-refractivity contribution is 5.99. The molecule has 2 amide bonds. The number of imidazole rings is 1. The van der Waals surface area contributed by atoms with Crippen LogP contribution in [0.1, 0.15) is 35.2 Å². The fourth-order valence-corrected chi connectivity index (χ4v) is 3.29. The van der Waals surface area contributed by atoms with Gasteiger partial charge in [-0.1, -0.05) is 30.3 Å². The van der Waals surface area contributed by atoms with Crippen molar-refractivity contribution >= 4 is 23.0 Å². The number of nitrogens with one attached hydrogen (secondary N) is 2. The molecule has 4 rings (SSSR count). The summed E-state index contributed by atoms with van der Waals surface area (Å²) in [7, 11) is 0. The third kappa shape index (κ3) is 3.81. The minimum atomic E-state index is -0.494. The highest BCUT2D eigenvalue weighted by Gasteiger charge is 2.23. The molecule has 1 aliphatic heterocycles. The lowest BCUT2D eigenvalue weighted by Gasteiger charge is -2.15. The monoisotopic (exact) mass is 363 g/mol. The number of nitrogens with zero attached hydrogens (tertiary/aromatic N) is 3. The second-order valence-electron chi connectivity index (χ2n) is 6.74. The maximum atomic E-state index is 12.5. The summed E-state index contributed by atoms with van der Waals surface area (Å²) in [6.45, 7) is 1.33. The molecule has 0 radical (unpaired) electrons. The Balaban J connectivity index is 1.51. The summed E-state index contributed by atoms with van der Waals surface area (Å²) in [6.07, 6.45) is 5.76. The Kier molecular flexibility index (Phi) is 4.82. The van der Waals surface area contributed by atoms with E-state index in [0.29, 0.717) is 30.6 Å². The lowest BCUT2D eigenvalue weighted by Crippen LogP contribution is -2.45. The molecule has 2 N–H and O–H groups in total. The number of amides is 2. The third-order valence-electron chi connectivity index (χ3n) is 4.75. The van der Waals surface area contributed by atoms with Crippen molar-refractivity contribution in [3.8, 4) is 0 Å². The number of aromatic nitrogens is 3. The van der Waals surface area contributed by atoms with Gasteiger partial charge in [0, 0.05) is 12.7 Å². The molecule has 0 aliphatic carbocycles. The normalized spacial score (nSPS) is 17.3. The average molecular weight is 363 g/mol. The van der Waals surface area contributed by atoms with E-state index in [0.717, 1.165) is 24.1 Å². The van der Waals surface area contributed by atoms with E-state index in [2.05, 4.69) is 20.6 Å². The van der Waals surface area contributed by atoms with Gasteiger partial charge in [-0.3, -0.25) is 9.59 Å². The van der Waals surface area contributed by atoms with E-state index >= 15 is 0 Å². The molecule has 0 bridgehead atoms. The van der Waals surface area contributed by atoms with Crippen molar-refractivity contribution in [2.24, 2.45) is 0 Å². The van der Waals surface area contributed by atoms with Crippen molar-refractivity contribution in [3.63, 3.8) is 0 Å². The maximum absolute atomic E-state index is 12.5. The third-order valence-corrected chi connectivity index (χ3v) is 4.75. The lowest BCUT2D eigenvalue weighted by atomic mass is 10.1. The zero-order valence-corrected chi connectivity index (χ0v) is 14.9. The molecule has 1 fully saturated rings. The fourth-order valence-electron chi connectivity index (χ4n) is 3.29. The van der Waals surface area contributed by atoms with Crippen LogP contribution in [-0.2, 0) is 11.3 Å². The number of fused-ring (bicyclic) bond motifs is 1. The second-order valence-corrected chi connectivity index (χ2v) is 6.74. The predicted octanol–water partition coefficient (Wildman–Crippen LogP) is 1.88. The van der Waals surface area contributed by atoms with Crippen molar-refractivity contribution in [1.82, 2.24) is 25.2 Å². The minimum absolute atomic E-state index is 0.123. The van der Waals surface area contributed by atoms with Gasteiger partial charge in [0.2, 0.25) is 5.91 Å². The van der Waals surface area contributed by atoms with Crippen LogP contribution in [0.4, 0.5) is 0 Å². The van der Waals surface area contributed by atoms with E-state index in [4.69, 9.17) is 0 Å². The number of hydrogen-bond acceptors (Lipinski definition) is 4. The number of rotatable bonds is 4. The van der Waals surface area contributed by atoms with Gasteiger partial charge in [0.15, 0.2) is 5.65 Å². The first kappa shape index (κ1) is 17.2. The molecule has 1 aromatic carbocycles. The number of pyridine rings is 1. The quantitative estimate of drug-likeness (QED) is 0.741. The van der Waals surface area contributed by atoms with Gasteiger partial charge in [-0.25, -0.2) is 9.97 Å². The molecule has 1 atom stereocenters. The fraction of sp³-hybridized carbons (Fsp3) is 0.300. The van der Waals surface area contributed by atoms with Crippen LogP contribution in [0.3, 0.4) is 0 Å². The molecule has 1 unspecified atom stereocenters. The molecule has 3 heterocycles. The first-order valence-electron chi connectivity index (χ1n) is 9.14. The summed E-state index contributed by atoms with van der Waals surface area (Å²) in [6, 6.07) is 11.3. The number of carbonyl (C=O) groups is 2. The Morgan fingerprint density at radius 3 is 2.93 bits per heavy atom. The lowest BCUT2D eigenvalue weighted by molar-refractivity contribution is -0.122. The molecule has 1 saturated heterocycles. The van der Waals surface area contributed by atoms with Gasteiger partial charge in [-0.15, -0.1) is 0 Å². The molecule has 27 heavy (non-hydrogen) atoms. The predicted molar refractivity (Wildman–Crippen MR) is 101 cm³/mol. The molecule has 138 valence electrons. The van der Waals surface area contributed by atoms with E-state index < -0.39 is 6.04 Å². The molecule has 0 saturated carbocycles. The Labute approximate surface area is 156 Å². The molecule has 7 heteroatoms. The Bertz CT molecular complexity index is 967. The van der Waals surface area contributed by atoms with E-state index in [1.54, 1.807) is 12.4 Å². The zero-order valence-electron chi connectivity index (χ0n) is 14.9. The van der Waals surface area contributed by atoms with E-state index in [1.807, 2.05) is 34.9 Å². The van der Waals surface area contributed by atoms with Gasteiger partial charge >= 0.3 is 0 Å². The summed E-state index contributed by atoms with van der Waals surface area (Å²) < 4.78 is 1.95. The van der Waals surface area contributed by atoms with Crippen LogP contribution >= 0.6 is 0 Å². The van der Waals surface area contributed by atoms with E-state index in [9.17, 15) is 9.59 Å². The van der Waals surface area contributed by atoms with Crippen molar-refractivity contribution < 1.29 is 9.59 Å². The van der Waals surface area contributed by atoms with Crippen LogP contribution in [-0.4, -0.2) is 38.9 Å². The second kappa shape index (κ2) is 7.57. The SMILES string of the molecule is O=C(NC1CCCCNC1=O)c1cnc2c(c1)ncn2Cc1ccccc1. The van der Waals surface area contributed by atoms with Crippen LogP contribution < -0.4 is 10.6 Å². The smallest absolute Gasteiger partial charge is 0.253 e. The first-order valence-corrected chi connectivity index (χ1v) is 9.14. The summed E-state index contributed by atoms with van der Waals surface area (Å²) in [5, 5.41) is 5.63. The number of carbonyl (C=O) groups excluding carboxylic acids is 2. The molecule has 3 aromatic rings. The van der Waals surface area contributed by atoms with Gasteiger partial charge in [0.1, 0.15) is 11.6 Å². The summed E-state index contributed by atoms with van der Waals surface area (Å²) >= 11 is 0. The van der Waals surface area contributed by atoms with Gasteiger partial charge in [0.25, 0.3) is 5.91 Å². The summed E-state index contributed by atoms with van der Waals surface area (Å²) in [4.78, 5) is 33.4. The Hall–Kier alpha value is -3.22. The molecule has 7 nitrogen and oxygen atoms in total. The van der Waals surface area contributed by atoms with Crippen LogP contribution in [0.2, 0.25) is 0 Å². The largest absolute Gasteiger partial charge is 0.354 e. The van der Waals surface area contributed by atoms with Crippen molar-refractivity contribution in [2.75, 3.05) is 6.54 Å². The number of benzene rings is 1. The molecule has 2 aromatic heterocycles. The molecule has 1 aliphatic rings. The van der Waals surface area contributed by atoms with Crippen LogP contribution in [0.5, 0.6) is 0 Å². The van der Waals surface area contributed by atoms with Crippen LogP contribution in [0.15, 0.2) is 48.9 Å². The van der Waals surface area contributed by atoms with Crippen molar-refractivity contribution in [3.05, 3.63) is 60.0 Å². The van der Waals surface area contributed by atoms with Gasteiger partial charge in [0.05, 0.1) is 18.4 Å². The topological polar surface area (TPSA) is 88.9 Å². The van der Waals surface area contributed by atoms with Gasteiger partial charge < -0.3 is 15.2 Å².